The van der Waals surface area contributed by atoms with E-state index in [-0.39, 0.29) is 17.9 Å². The first kappa shape index (κ1) is 13.6. The fourth-order valence-electron chi connectivity index (χ4n) is 2.57. The smallest absolute Gasteiger partial charge is 0.223 e. The van der Waals surface area contributed by atoms with Gasteiger partial charge >= 0.3 is 0 Å². The number of hydrogen-bond acceptors (Lipinski definition) is 3. The van der Waals surface area contributed by atoms with E-state index in [1.54, 1.807) is 11.3 Å². The van der Waals surface area contributed by atoms with Crippen LogP contribution in [0.15, 0.2) is 6.07 Å². The first-order chi connectivity index (χ1) is 8.58. The minimum Gasteiger partial charge on any atom is -0.349 e. The van der Waals surface area contributed by atoms with E-state index < -0.39 is 0 Å². The predicted molar refractivity (Wildman–Crippen MR) is 75.9 cm³/mol. The van der Waals surface area contributed by atoms with E-state index in [0.29, 0.717) is 0 Å². The molecule has 1 amide bonds. The van der Waals surface area contributed by atoms with Gasteiger partial charge in [0.15, 0.2) is 0 Å². The molecule has 100 valence electrons. The summed E-state index contributed by atoms with van der Waals surface area (Å²) in [4.78, 5) is 14.8. The lowest BCUT2D eigenvalue weighted by Gasteiger charge is -2.24. The number of carbonyl (C=O) groups is 1. The molecular formula is C14H22N2OS. The van der Waals surface area contributed by atoms with Crippen LogP contribution in [-0.4, -0.2) is 19.0 Å². The lowest BCUT2D eigenvalue weighted by atomic mass is 9.96. The topological polar surface area (TPSA) is 41.1 Å². The summed E-state index contributed by atoms with van der Waals surface area (Å²) in [5, 5.41) is 6.45. The summed E-state index contributed by atoms with van der Waals surface area (Å²) in [5.74, 6) is 0.404. The van der Waals surface area contributed by atoms with Crippen LogP contribution in [0.2, 0.25) is 0 Å². The van der Waals surface area contributed by atoms with Crippen molar-refractivity contribution in [2.24, 2.45) is 5.92 Å². The Morgan fingerprint density at radius 2 is 2.11 bits per heavy atom. The van der Waals surface area contributed by atoms with Gasteiger partial charge < -0.3 is 10.6 Å². The van der Waals surface area contributed by atoms with Crippen molar-refractivity contribution < 1.29 is 4.79 Å². The van der Waals surface area contributed by atoms with Gasteiger partial charge in [-0.15, -0.1) is 11.3 Å². The van der Waals surface area contributed by atoms with Gasteiger partial charge in [-0.3, -0.25) is 4.79 Å². The summed E-state index contributed by atoms with van der Waals surface area (Å²) < 4.78 is 0. The summed E-state index contributed by atoms with van der Waals surface area (Å²) in [6.45, 7) is 8.24. The highest BCUT2D eigenvalue weighted by Crippen LogP contribution is 2.26. The Bertz CT molecular complexity index is 421. The van der Waals surface area contributed by atoms with Gasteiger partial charge in [-0.25, -0.2) is 0 Å². The summed E-state index contributed by atoms with van der Waals surface area (Å²) >= 11 is 1.80. The molecule has 1 aliphatic heterocycles. The maximum atomic E-state index is 12.2. The summed E-state index contributed by atoms with van der Waals surface area (Å²) in [5.41, 5.74) is 1.26. The first-order valence-corrected chi connectivity index (χ1v) is 7.47. The summed E-state index contributed by atoms with van der Waals surface area (Å²) in [6.07, 6.45) is 1.92. The molecule has 1 aromatic rings. The zero-order valence-electron chi connectivity index (χ0n) is 11.4. The van der Waals surface area contributed by atoms with Crippen LogP contribution in [0.5, 0.6) is 0 Å². The Morgan fingerprint density at radius 3 is 2.67 bits per heavy atom. The molecule has 0 aromatic carbocycles. The van der Waals surface area contributed by atoms with Crippen molar-refractivity contribution in [3.05, 3.63) is 21.4 Å². The average molecular weight is 266 g/mol. The molecule has 18 heavy (non-hydrogen) atoms. The van der Waals surface area contributed by atoms with Gasteiger partial charge in [-0.2, -0.15) is 0 Å². The van der Waals surface area contributed by atoms with Crippen molar-refractivity contribution in [1.82, 2.24) is 10.6 Å². The van der Waals surface area contributed by atoms with Crippen molar-refractivity contribution in [3.8, 4) is 0 Å². The third-order valence-corrected chi connectivity index (χ3v) is 4.60. The number of amides is 1. The van der Waals surface area contributed by atoms with Gasteiger partial charge in [-0.1, -0.05) is 0 Å². The van der Waals surface area contributed by atoms with Crippen molar-refractivity contribution in [2.75, 3.05) is 13.1 Å². The van der Waals surface area contributed by atoms with Crippen LogP contribution >= 0.6 is 11.3 Å². The van der Waals surface area contributed by atoms with Gasteiger partial charge in [-0.05, 0) is 58.3 Å². The van der Waals surface area contributed by atoms with Crippen LogP contribution in [-0.2, 0) is 4.79 Å². The van der Waals surface area contributed by atoms with Crippen LogP contribution < -0.4 is 10.6 Å². The van der Waals surface area contributed by atoms with Crippen LogP contribution in [0.4, 0.5) is 0 Å². The summed E-state index contributed by atoms with van der Waals surface area (Å²) in [6, 6.07) is 2.31. The molecule has 1 aliphatic rings. The zero-order valence-corrected chi connectivity index (χ0v) is 12.2. The molecule has 1 aromatic heterocycles. The zero-order chi connectivity index (χ0) is 13.1. The molecule has 1 atom stereocenters. The minimum atomic E-state index is 0.123. The maximum Gasteiger partial charge on any atom is 0.223 e. The molecule has 2 N–H and O–H groups in total. The Morgan fingerprint density at radius 1 is 1.44 bits per heavy atom. The lowest BCUT2D eigenvalue weighted by Crippen LogP contribution is -2.39. The van der Waals surface area contributed by atoms with E-state index in [1.165, 1.54) is 15.3 Å². The normalized spacial score (nSPS) is 18.6. The molecular weight excluding hydrogens is 244 g/mol. The molecule has 0 saturated carbocycles. The van der Waals surface area contributed by atoms with E-state index in [9.17, 15) is 4.79 Å². The Kier molecular flexibility index (Phi) is 4.40. The molecule has 0 bridgehead atoms. The van der Waals surface area contributed by atoms with Crippen LogP contribution in [0.25, 0.3) is 0 Å². The number of carbonyl (C=O) groups excluding carboxylic acids is 1. The molecule has 4 heteroatoms. The maximum absolute atomic E-state index is 12.2. The first-order valence-electron chi connectivity index (χ1n) is 6.66. The Hall–Kier alpha value is -0.870. The fourth-order valence-corrected chi connectivity index (χ4v) is 3.60. The second-order valence-electron chi connectivity index (χ2n) is 5.12. The largest absolute Gasteiger partial charge is 0.349 e. The van der Waals surface area contributed by atoms with Crippen molar-refractivity contribution >= 4 is 17.2 Å². The van der Waals surface area contributed by atoms with Gasteiger partial charge in [0.2, 0.25) is 5.91 Å². The van der Waals surface area contributed by atoms with E-state index in [2.05, 4.69) is 37.5 Å². The van der Waals surface area contributed by atoms with Gasteiger partial charge in [0.05, 0.1) is 6.04 Å². The number of nitrogens with one attached hydrogen (secondary N) is 2. The van der Waals surface area contributed by atoms with Crippen molar-refractivity contribution in [2.45, 2.75) is 39.7 Å². The second kappa shape index (κ2) is 5.85. The number of thiophene rings is 1. The van der Waals surface area contributed by atoms with E-state index in [1.807, 2.05) is 0 Å². The van der Waals surface area contributed by atoms with Crippen LogP contribution in [0, 0.1) is 19.8 Å². The third kappa shape index (κ3) is 3.12. The standard InChI is InChI=1S/C14H22N2OS/c1-9-8-13(11(3)18-9)10(2)16-14(17)12-4-6-15-7-5-12/h8,10,12,15H,4-7H2,1-3H3,(H,16,17). The fraction of sp³-hybridized carbons (Fsp3) is 0.643. The monoisotopic (exact) mass is 266 g/mol. The van der Waals surface area contributed by atoms with E-state index in [0.717, 1.165) is 25.9 Å². The molecule has 1 unspecified atom stereocenters. The van der Waals surface area contributed by atoms with E-state index >= 15 is 0 Å². The van der Waals surface area contributed by atoms with Gasteiger partial charge in [0.25, 0.3) is 0 Å². The SMILES string of the molecule is Cc1cc(C(C)NC(=O)C2CCNCC2)c(C)s1. The molecule has 2 rings (SSSR count). The number of aryl methyl sites for hydroxylation is 2. The molecule has 0 spiro atoms. The van der Waals surface area contributed by atoms with Crippen molar-refractivity contribution in [3.63, 3.8) is 0 Å². The predicted octanol–water partition coefficient (Wildman–Crippen LogP) is 2.54. The molecule has 1 saturated heterocycles. The number of hydrogen-bond donors (Lipinski definition) is 2. The highest BCUT2D eigenvalue weighted by Gasteiger charge is 2.23. The second-order valence-corrected chi connectivity index (χ2v) is 6.58. The highest BCUT2D eigenvalue weighted by molar-refractivity contribution is 7.12. The van der Waals surface area contributed by atoms with Gasteiger partial charge in [0.1, 0.15) is 0 Å². The van der Waals surface area contributed by atoms with Crippen LogP contribution in [0.3, 0.4) is 0 Å². The highest BCUT2D eigenvalue weighted by atomic mass is 32.1. The molecule has 3 nitrogen and oxygen atoms in total. The third-order valence-electron chi connectivity index (χ3n) is 3.61. The lowest BCUT2D eigenvalue weighted by molar-refractivity contribution is -0.126. The number of piperidine rings is 1. The Balaban J connectivity index is 1.96. The average Bonchev–Trinajstić information content (AvgIpc) is 2.69. The van der Waals surface area contributed by atoms with E-state index in [4.69, 9.17) is 0 Å². The summed E-state index contributed by atoms with van der Waals surface area (Å²) in [7, 11) is 0. The quantitative estimate of drug-likeness (QED) is 0.883. The molecule has 0 aliphatic carbocycles. The minimum absolute atomic E-state index is 0.123. The van der Waals surface area contributed by atoms with Crippen molar-refractivity contribution in [1.29, 1.82) is 0 Å². The Labute approximate surface area is 113 Å². The molecule has 1 fully saturated rings. The van der Waals surface area contributed by atoms with Crippen LogP contribution in [0.1, 0.15) is 41.1 Å². The molecule has 0 radical (unpaired) electrons. The number of rotatable bonds is 3. The molecule has 2 heterocycles. The van der Waals surface area contributed by atoms with Gasteiger partial charge in [0, 0.05) is 15.7 Å².